The van der Waals surface area contributed by atoms with Crippen LogP contribution < -0.4 is 11.1 Å². The van der Waals surface area contributed by atoms with Crippen molar-refractivity contribution in [3.8, 4) is 0 Å². The normalized spacial score (nSPS) is 18.2. The van der Waals surface area contributed by atoms with Crippen LogP contribution in [0.3, 0.4) is 0 Å². The molecule has 0 unspecified atom stereocenters. The maximum absolute atomic E-state index is 12.9. The van der Waals surface area contributed by atoms with E-state index in [1.54, 1.807) is 23.7 Å². The van der Waals surface area contributed by atoms with E-state index in [9.17, 15) is 18.0 Å². The minimum atomic E-state index is -4.56. The fraction of sp³-hybridized carbons (Fsp3) is 0.333. The zero-order valence-electron chi connectivity index (χ0n) is 14.8. The van der Waals surface area contributed by atoms with Gasteiger partial charge in [-0.15, -0.1) is 11.3 Å². The first-order valence-electron chi connectivity index (χ1n) is 8.60. The average Bonchev–Trinajstić information content (AvgIpc) is 3.15. The van der Waals surface area contributed by atoms with Crippen LogP contribution in [0, 0.1) is 0 Å². The number of pyridine rings is 1. The molecule has 10 heteroatoms. The highest BCUT2D eigenvalue weighted by molar-refractivity contribution is 7.09. The number of allylic oxidation sites excluding steroid dienone is 2. The third kappa shape index (κ3) is 4.94. The zero-order valence-corrected chi connectivity index (χ0v) is 15.6. The van der Waals surface area contributed by atoms with Gasteiger partial charge in [0.1, 0.15) is 16.4 Å². The van der Waals surface area contributed by atoms with Crippen LogP contribution in [0.2, 0.25) is 0 Å². The number of nitrogens with one attached hydrogen (secondary N) is 1. The van der Waals surface area contributed by atoms with Crippen LogP contribution in [-0.2, 0) is 6.54 Å². The molecule has 148 valence electrons. The summed E-state index contributed by atoms with van der Waals surface area (Å²) in [4.78, 5) is 24.6. The van der Waals surface area contributed by atoms with E-state index in [1.165, 1.54) is 17.5 Å². The number of nitrogens with two attached hydrogens (primary N) is 1. The maximum atomic E-state index is 12.9. The van der Waals surface area contributed by atoms with E-state index in [-0.39, 0.29) is 30.1 Å². The summed E-state index contributed by atoms with van der Waals surface area (Å²) < 4.78 is 38.8. The number of alkyl halides is 3. The molecular weight excluding hydrogens is 391 g/mol. The molecule has 0 spiro atoms. The van der Waals surface area contributed by atoms with Crippen molar-refractivity contribution in [2.75, 3.05) is 5.32 Å². The van der Waals surface area contributed by atoms with Crippen LogP contribution in [0.15, 0.2) is 46.2 Å². The summed E-state index contributed by atoms with van der Waals surface area (Å²) in [7, 11) is 0. The lowest BCUT2D eigenvalue weighted by molar-refractivity contribution is -0.0933. The lowest BCUT2D eigenvalue weighted by Gasteiger charge is -2.20. The van der Waals surface area contributed by atoms with E-state index in [1.807, 2.05) is 0 Å². The van der Waals surface area contributed by atoms with Crippen LogP contribution in [0.25, 0.3) is 0 Å². The molecule has 2 aromatic rings. The highest BCUT2D eigenvalue weighted by atomic mass is 32.1. The fourth-order valence-corrected chi connectivity index (χ4v) is 3.51. The van der Waals surface area contributed by atoms with E-state index in [0.29, 0.717) is 29.2 Å². The largest absolute Gasteiger partial charge is 0.431 e. The van der Waals surface area contributed by atoms with Crippen molar-refractivity contribution >= 4 is 28.6 Å². The Morgan fingerprint density at radius 2 is 2.11 bits per heavy atom. The van der Waals surface area contributed by atoms with Crippen molar-refractivity contribution in [2.24, 2.45) is 10.7 Å². The number of hydrogen-bond acceptors (Lipinski definition) is 6. The summed E-state index contributed by atoms with van der Waals surface area (Å²) >= 11 is 1.23. The van der Waals surface area contributed by atoms with Gasteiger partial charge in [0, 0.05) is 22.9 Å². The molecule has 3 N–H and O–H groups in total. The summed E-state index contributed by atoms with van der Waals surface area (Å²) in [5.41, 5.74) is 5.45. The van der Waals surface area contributed by atoms with Gasteiger partial charge in [-0.05, 0) is 37.8 Å². The maximum Gasteiger partial charge on any atom is 0.431 e. The summed E-state index contributed by atoms with van der Waals surface area (Å²) in [6.07, 6.45) is 0.679. The van der Waals surface area contributed by atoms with Gasteiger partial charge in [-0.2, -0.15) is 13.2 Å². The van der Waals surface area contributed by atoms with Gasteiger partial charge < -0.3 is 11.1 Å². The average molecular weight is 409 g/mol. The Hall–Kier alpha value is -2.75. The van der Waals surface area contributed by atoms with Gasteiger partial charge in [0.25, 0.3) is 5.91 Å². The minimum absolute atomic E-state index is 0.0739. The Kier molecular flexibility index (Phi) is 6.08. The summed E-state index contributed by atoms with van der Waals surface area (Å²) in [5.74, 6) is -0.386. The predicted octanol–water partition coefficient (Wildman–Crippen LogP) is 4.08. The van der Waals surface area contributed by atoms with Crippen LogP contribution >= 0.6 is 11.3 Å². The Balaban J connectivity index is 1.71. The summed E-state index contributed by atoms with van der Waals surface area (Å²) in [6.45, 7) is 0.106. The van der Waals surface area contributed by atoms with Crippen LogP contribution in [-0.4, -0.2) is 27.8 Å². The molecule has 1 fully saturated rings. The van der Waals surface area contributed by atoms with Gasteiger partial charge in [-0.1, -0.05) is 0 Å². The second-order valence-corrected chi connectivity index (χ2v) is 7.12. The SMILES string of the molecule is NC(=C1CCCCC1=NCc1nc(C(=O)Nc2cccnc2)cs1)C(F)(F)F. The standard InChI is InChI=1S/C18H18F3N5OS/c19-18(20,21)16(22)12-5-1-2-6-13(12)24-9-15-26-14(10-28-15)17(27)25-11-4-3-7-23-8-11/h3-4,7-8,10H,1-2,5-6,9,22H2,(H,25,27). The van der Waals surface area contributed by atoms with Crippen LogP contribution in [0.1, 0.15) is 41.2 Å². The number of aliphatic imine (C=N–C) groups is 1. The number of carbonyl (C=O) groups is 1. The Labute approximate surface area is 163 Å². The topological polar surface area (TPSA) is 93.3 Å². The van der Waals surface area contributed by atoms with E-state index in [2.05, 4.69) is 20.3 Å². The number of aromatic nitrogens is 2. The zero-order chi connectivity index (χ0) is 20.1. The van der Waals surface area contributed by atoms with Gasteiger partial charge in [0.15, 0.2) is 0 Å². The molecule has 0 aliphatic heterocycles. The Morgan fingerprint density at radius 3 is 2.82 bits per heavy atom. The molecule has 1 amide bonds. The number of halogens is 3. The molecule has 1 saturated carbocycles. The van der Waals surface area contributed by atoms with Gasteiger partial charge >= 0.3 is 6.18 Å². The van der Waals surface area contributed by atoms with Crippen LogP contribution in [0.4, 0.5) is 18.9 Å². The fourth-order valence-electron chi connectivity index (χ4n) is 2.81. The molecular formula is C18H18F3N5OS. The lowest BCUT2D eigenvalue weighted by Crippen LogP contribution is -2.26. The molecule has 0 bridgehead atoms. The van der Waals surface area contributed by atoms with E-state index < -0.39 is 11.9 Å². The monoisotopic (exact) mass is 409 g/mol. The lowest BCUT2D eigenvalue weighted by atomic mass is 9.91. The molecule has 0 atom stereocenters. The number of anilines is 1. The molecule has 2 aromatic heterocycles. The molecule has 1 aliphatic rings. The smallest absolute Gasteiger partial charge is 0.394 e. The van der Waals surface area contributed by atoms with Crippen molar-refractivity contribution in [3.05, 3.63) is 51.9 Å². The van der Waals surface area contributed by atoms with E-state index >= 15 is 0 Å². The van der Waals surface area contributed by atoms with Crippen molar-refractivity contribution in [3.63, 3.8) is 0 Å². The molecule has 0 radical (unpaired) electrons. The number of hydrogen-bond donors (Lipinski definition) is 2. The first-order valence-corrected chi connectivity index (χ1v) is 9.48. The highest BCUT2D eigenvalue weighted by Crippen LogP contribution is 2.31. The van der Waals surface area contributed by atoms with Gasteiger partial charge in [-0.25, -0.2) is 4.98 Å². The summed E-state index contributed by atoms with van der Waals surface area (Å²) in [6, 6.07) is 3.40. The number of thiazole rings is 1. The van der Waals surface area contributed by atoms with E-state index in [4.69, 9.17) is 5.73 Å². The first kappa shape index (κ1) is 20.0. The Morgan fingerprint density at radius 1 is 1.32 bits per heavy atom. The number of rotatable bonds is 4. The minimum Gasteiger partial charge on any atom is -0.394 e. The molecule has 28 heavy (non-hydrogen) atoms. The van der Waals surface area contributed by atoms with Gasteiger partial charge in [0.05, 0.1) is 18.4 Å². The third-order valence-electron chi connectivity index (χ3n) is 4.18. The summed E-state index contributed by atoms with van der Waals surface area (Å²) in [5, 5.41) is 4.80. The Bertz CT molecular complexity index is 905. The number of carbonyl (C=O) groups excluding carboxylic acids is 1. The van der Waals surface area contributed by atoms with Crippen molar-refractivity contribution in [1.29, 1.82) is 0 Å². The van der Waals surface area contributed by atoms with Crippen molar-refractivity contribution < 1.29 is 18.0 Å². The molecule has 0 aromatic carbocycles. The van der Waals surface area contributed by atoms with Crippen LogP contribution in [0.5, 0.6) is 0 Å². The molecule has 1 aliphatic carbocycles. The number of nitrogens with zero attached hydrogens (tertiary/aromatic N) is 3. The quantitative estimate of drug-likeness (QED) is 0.796. The highest BCUT2D eigenvalue weighted by Gasteiger charge is 2.35. The van der Waals surface area contributed by atoms with Gasteiger partial charge in [-0.3, -0.25) is 14.8 Å². The van der Waals surface area contributed by atoms with Gasteiger partial charge in [0.2, 0.25) is 0 Å². The first-order chi connectivity index (χ1) is 13.3. The van der Waals surface area contributed by atoms with Crippen molar-refractivity contribution in [2.45, 2.75) is 38.4 Å². The van der Waals surface area contributed by atoms with E-state index in [0.717, 1.165) is 6.42 Å². The second kappa shape index (κ2) is 8.51. The molecule has 3 rings (SSSR count). The third-order valence-corrected chi connectivity index (χ3v) is 5.01. The molecule has 0 saturated heterocycles. The molecule has 6 nitrogen and oxygen atoms in total. The second-order valence-electron chi connectivity index (χ2n) is 6.18. The molecule has 2 heterocycles. The predicted molar refractivity (Wildman–Crippen MR) is 101 cm³/mol. The number of amides is 1. The van der Waals surface area contributed by atoms with Crippen molar-refractivity contribution in [1.82, 2.24) is 9.97 Å².